The summed E-state index contributed by atoms with van der Waals surface area (Å²) in [6, 6.07) is 3.78. The van der Waals surface area contributed by atoms with Crippen molar-refractivity contribution < 1.29 is 5.11 Å². The monoisotopic (exact) mass is 299 g/mol. The van der Waals surface area contributed by atoms with E-state index in [4.69, 9.17) is 5.73 Å². The molecule has 2 nitrogen and oxygen atoms in total. The number of halogens is 1. The Labute approximate surface area is 112 Å². The fraction of sp³-hybridized carbons (Fsp3) is 0.571. The number of aromatic hydroxyl groups is 1. The van der Waals surface area contributed by atoms with E-state index in [1.807, 2.05) is 12.1 Å². The van der Waals surface area contributed by atoms with E-state index in [9.17, 15) is 5.11 Å². The summed E-state index contributed by atoms with van der Waals surface area (Å²) < 4.78 is 0.980. The highest BCUT2D eigenvalue weighted by molar-refractivity contribution is 9.10. The van der Waals surface area contributed by atoms with Crippen molar-refractivity contribution in [1.29, 1.82) is 0 Å². The molecule has 3 heteroatoms. The van der Waals surface area contributed by atoms with Gasteiger partial charge in [0.2, 0.25) is 0 Å². The summed E-state index contributed by atoms with van der Waals surface area (Å²) in [5.41, 5.74) is 7.95. The molecule has 0 fully saturated rings. The Hall–Kier alpha value is -0.540. The van der Waals surface area contributed by atoms with Crippen molar-refractivity contribution in [1.82, 2.24) is 0 Å². The third-order valence-electron chi connectivity index (χ3n) is 2.88. The molecule has 0 amide bonds. The quantitative estimate of drug-likeness (QED) is 0.869. The van der Waals surface area contributed by atoms with Gasteiger partial charge in [-0.2, -0.15) is 0 Å². The minimum absolute atomic E-state index is 0.106. The van der Waals surface area contributed by atoms with Gasteiger partial charge in [0.1, 0.15) is 5.75 Å². The molecule has 1 rings (SSSR count). The minimum atomic E-state index is -0.106. The largest absolute Gasteiger partial charge is 0.507 e. The number of rotatable bonds is 4. The highest BCUT2D eigenvalue weighted by Gasteiger charge is 2.17. The van der Waals surface area contributed by atoms with E-state index >= 15 is 0 Å². The smallest absolute Gasteiger partial charge is 0.123 e. The SMILES string of the molecule is CC(C)CC(N)c1cc(Br)cc(C(C)C)c1O. The standard InChI is InChI=1S/C14H22BrNO/c1-8(2)5-13(16)12-7-10(15)6-11(9(3)4)14(12)17/h6-9,13,17H,5,16H2,1-4H3. The average molecular weight is 300 g/mol. The maximum absolute atomic E-state index is 10.3. The molecular weight excluding hydrogens is 278 g/mol. The molecular formula is C14H22BrNO. The second kappa shape index (κ2) is 5.87. The molecule has 1 atom stereocenters. The molecule has 0 saturated heterocycles. The van der Waals surface area contributed by atoms with Gasteiger partial charge in [-0.05, 0) is 36.0 Å². The van der Waals surface area contributed by atoms with E-state index in [2.05, 4.69) is 43.6 Å². The van der Waals surface area contributed by atoms with Crippen molar-refractivity contribution in [3.63, 3.8) is 0 Å². The van der Waals surface area contributed by atoms with E-state index in [1.54, 1.807) is 0 Å². The van der Waals surface area contributed by atoms with Crippen LogP contribution in [0.5, 0.6) is 5.75 Å². The molecule has 0 aliphatic carbocycles. The zero-order valence-corrected chi connectivity index (χ0v) is 12.6. The Morgan fingerprint density at radius 2 is 1.71 bits per heavy atom. The van der Waals surface area contributed by atoms with Crippen LogP contribution in [-0.2, 0) is 0 Å². The molecule has 0 aromatic heterocycles. The second-order valence-corrected chi connectivity index (χ2v) is 6.24. The highest BCUT2D eigenvalue weighted by Crippen LogP contribution is 2.36. The van der Waals surface area contributed by atoms with E-state index in [-0.39, 0.29) is 12.0 Å². The van der Waals surface area contributed by atoms with Crippen LogP contribution in [-0.4, -0.2) is 5.11 Å². The van der Waals surface area contributed by atoms with Crippen molar-refractivity contribution in [3.8, 4) is 5.75 Å². The summed E-state index contributed by atoms with van der Waals surface area (Å²) in [6.07, 6.45) is 0.877. The van der Waals surface area contributed by atoms with Gasteiger partial charge in [-0.3, -0.25) is 0 Å². The fourth-order valence-corrected chi connectivity index (χ4v) is 2.49. The van der Waals surface area contributed by atoms with Gasteiger partial charge in [0, 0.05) is 16.1 Å². The van der Waals surface area contributed by atoms with Crippen LogP contribution >= 0.6 is 15.9 Å². The van der Waals surface area contributed by atoms with Crippen LogP contribution in [0.2, 0.25) is 0 Å². The fourth-order valence-electron chi connectivity index (χ4n) is 2.00. The maximum atomic E-state index is 10.3. The first kappa shape index (κ1) is 14.5. The van der Waals surface area contributed by atoms with Gasteiger partial charge in [-0.15, -0.1) is 0 Å². The molecule has 1 aromatic carbocycles. The van der Waals surface area contributed by atoms with Crippen molar-refractivity contribution in [2.24, 2.45) is 11.7 Å². The number of benzene rings is 1. The van der Waals surface area contributed by atoms with E-state index in [0.29, 0.717) is 11.7 Å². The summed E-state index contributed by atoms with van der Waals surface area (Å²) >= 11 is 3.48. The minimum Gasteiger partial charge on any atom is -0.507 e. The zero-order valence-electron chi connectivity index (χ0n) is 11.0. The van der Waals surface area contributed by atoms with Crippen LogP contribution in [0.3, 0.4) is 0 Å². The van der Waals surface area contributed by atoms with Crippen LogP contribution in [0.25, 0.3) is 0 Å². The predicted molar refractivity (Wildman–Crippen MR) is 76.3 cm³/mol. The van der Waals surface area contributed by atoms with Gasteiger partial charge in [-0.1, -0.05) is 43.6 Å². The van der Waals surface area contributed by atoms with Crippen molar-refractivity contribution >= 4 is 15.9 Å². The van der Waals surface area contributed by atoms with Gasteiger partial charge in [0.25, 0.3) is 0 Å². The lowest BCUT2D eigenvalue weighted by atomic mass is 9.92. The molecule has 0 bridgehead atoms. The van der Waals surface area contributed by atoms with Crippen LogP contribution in [0.1, 0.15) is 57.2 Å². The number of hydrogen-bond donors (Lipinski definition) is 2. The molecule has 1 unspecified atom stereocenters. The van der Waals surface area contributed by atoms with Crippen LogP contribution in [0.4, 0.5) is 0 Å². The zero-order chi connectivity index (χ0) is 13.2. The topological polar surface area (TPSA) is 46.2 Å². The lowest BCUT2D eigenvalue weighted by Crippen LogP contribution is -2.13. The molecule has 1 aromatic rings. The predicted octanol–water partition coefficient (Wildman–Crippen LogP) is 4.32. The average Bonchev–Trinajstić information content (AvgIpc) is 2.19. The summed E-state index contributed by atoms with van der Waals surface area (Å²) in [5, 5.41) is 10.3. The van der Waals surface area contributed by atoms with Crippen LogP contribution in [0, 0.1) is 5.92 Å². The Morgan fingerprint density at radius 1 is 1.18 bits per heavy atom. The maximum Gasteiger partial charge on any atom is 0.123 e. The Bertz CT molecular complexity index is 388. The normalized spacial score (nSPS) is 13.4. The molecule has 3 N–H and O–H groups in total. The first-order valence-corrected chi connectivity index (χ1v) is 6.90. The van der Waals surface area contributed by atoms with Gasteiger partial charge in [0.15, 0.2) is 0 Å². The van der Waals surface area contributed by atoms with E-state index < -0.39 is 0 Å². The summed E-state index contributed by atoms with van der Waals surface area (Å²) in [6.45, 7) is 8.41. The highest BCUT2D eigenvalue weighted by atomic mass is 79.9. The Morgan fingerprint density at radius 3 is 2.18 bits per heavy atom. The second-order valence-electron chi connectivity index (χ2n) is 5.32. The molecule has 0 radical (unpaired) electrons. The third kappa shape index (κ3) is 3.71. The molecule has 0 saturated carbocycles. The lowest BCUT2D eigenvalue weighted by Gasteiger charge is -2.19. The number of hydrogen-bond acceptors (Lipinski definition) is 2. The van der Waals surface area contributed by atoms with Gasteiger partial charge < -0.3 is 10.8 Å². The van der Waals surface area contributed by atoms with Crippen LogP contribution < -0.4 is 5.73 Å². The lowest BCUT2D eigenvalue weighted by molar-refractivity contribution is 0.437. The van der Waals surface area contributed by atoms with Gasteiger partial charge >= 0.3 is 0 Å². The van der Waals surface area contributed by atoms with E-state index in [1.165, 1.54) is 0 Å². The number of phenols is 1. The van der Waals surface area contributed by atoms with Crippen molar-refractivity contribution in [2.45, 2.75) is 46.1 Å². The first-order chi connectivity index (χ1) is 7.82. The van der Waals surface area contributed by atoms with Crippen LogP contribution in [0.15, 0.2) is 16.6 Å². The molecule has 0 heterocycles. The number of phenolic OH excluding ortho intramolecular Hbond substituents is 1. The summed E-state index contributed by atoms with van der Waals surface area (Å²) in [7, 11) is 0. The third-order valence-corrected chi connectivity index (χ3v) is 3.34. The van der Waals surface area contributed by atoms with Gasteiger partial charge in [0.05, 0.1) is 0 Å². The molecule has 17 heavy (non-hydrogen) atoms. The van der Waals surface area contributed by atoms with Crippen molar-refractivity contribution in [3.05, 3.63) is 27.7 Å². The molecule has 0 aliphatic rings. The first-order valence-electron chi connectivity index (χ1n) is 6.10. The molecule has 96 valence electrons. The van der Waals surface area contributed by atoms with Gasteiger partial charge in [-0.25, -0.2) is 0 Å². The molecule has 0 aliphatic heterocycles. The van der Waals surface area contributed by atoms with E-state index in [0.717, 1.165) is 22.0 Å². The Balaban J connectivity index is 3.15. The summed E-state index contributed by atoms with van der Waals surface area (Å²) in [4.78, 5) is 0. The molecule has 0 spiro atoms. The summed E-state index contributed by atoms with van der Waals surface area (Å²) in [5.74, 6) is 1.17. The number of nitrogens with two attached hydrogens (primary N) is 1. The van der Waals surface area contributed by atoms with Crippen molar-refractivity contribution in [2.75, 3.05) is 0 Å². The Kier molecular flexibility index (Phi) is 5.02.